The SMILES string of the molecule is COc1ccc(N=C2/C(=C/c3ccccc3)[C@H]3CC[C@]2(C)C3(C)C)cc1. The van der Waals surface area contributed by atoms with Crippen molar-refractivity contribution < 1.29 is 4.74 Å². The summed E-state index contributed by atoms with van der Waals surface area (Å²) in [5.74, 6) is 1.44. The van der Waals surface area contributed by atoms with Crippen molar-refractivity contribution in [2.45, 2.75) is 33.6 Å². The molecule has 2 nitrogen and oxygen atoms in total. The molecule has 0 heterocycles. The van der Waals surface area contributed by atoms with Crippen molar-refractivity contribution in [3.05, 3.63) is 65.7 Å². The fraction of sp³-hybridized carbons (Fsp3) is 0.375. The van der Waals surface area contributed by atoms with Gasteiger partial charge in [-0.25, -0.2) is 0 Å². The smallest absolute Gasteiger partial charge is 0.119 e. The highest BCUT2D eigenvalue weighted by Crippen LogP contribution is 2.66. The zero-order valence-corrected chi connectivity index (χ0v) is 16.1. The normalized spacial score (nSPS) is 29.5. The summed E-state index contributed by atoms with van der Waals surface area (Å²) in [5.41, 5.74) is 5.32. The first-order valence-electron chi connectivity index (χ1n) is 9.46. The van der Waals surface area contributed by atoms with Crippen molar-refractivity contribution in [2.75, 3.05) is 7.11 Å². The second-order valence-electron chi connectivity index (χ2n) is 8.31. The maximum Gasteiger partial charge on any atom is 0.119 e. The Bertz CT molecular complexity index is 861. The van der Waals surface area contributed by atoms with Crippen LogP contribution in [0.15, 0.2) is 65.2 Å². The van der Waals surface area contributed by atoms with Gasteiger partial charge in [-0.05, 0) is 65.7 Å². The van der Waals surface area contributed by atoms with Gasteiger partial charge in [0.1, 0.15) is 5.75 Å². The minimum atomic E-state index is 0.123. The minimum Gasteiger partial charge on any atom is -0.497 e. The van der Waals surface area contributed by atoms with Crippen LogP contribution in [-0.4, -0.2) is 12.8 Å². The van der Waals surface area contributed by atoms with Gasteiger partial charge in [0.25, 0.3) is 0 Å². The van der Waals surface area contributed by atoms with E-state index in [1.165, 1.54) is 29.7 Å². The molecule has 2 aromatic rings. The summed E-state index contributed by atoms with van der Waals surface area (Å²) in [4.78, 5) is 5.15. The van der Waals surface area contributed by atoms with Crippen molar-refractivity contribution in [1.82, 2.24) is 0 Å². The van der Waals surface area contributed by atoms with E-state index in [9.17, 15) is 0 Å². The molecule has 2 aromatic carbocycles. The quantitative estimate of drug-likeness (QED) is 0.639. The molecule has 2 aliphatic carbocycles. The van der Waals surface area contributed by atoms with Crippen LogP contribution >= 0.6 is 0 Å². The Hall–Kier alpha value is -2.35. The zero-order chi connectivity index (χ0) is 18.4. The number of nitrogens with zero attached hydrogens (tertiary/aromatic N) is 1. The molecule has 2 aliphatic rings. The zero-order valence-electron chi connectivity index (χ0n) is 16.1. The molecule has 134 valence electrons. The van der Waals surface area contributed by atoms with Gasteiger partial charge < -0.3 is 4.74 Å². The van der Waals surface area contributed by atoms with Gasteiger partial charge in [0, 0.05) is 5.41 Å². The van der Waals surface area contributed by atoms with E-state index in [0.717, 1.165) is 11.4 Å². The van der Waals surface area contributed by atoms with Gasteiger partial charge >= 0.3 is 0 Å². The van der Waals surface area contributed by atoms with Gasteiger partial charge in [0.2, 0.25) is 0 Å². The lowest BCUT2D eigenvalue weighted by molar-refractivity contribution is 0.203. The molecule has 0 N–H and O–H groups in total. The van der Waals surface area contributed by atoms with Gasteiger partial charge in [0.15, 0.2) is 0 Å². The molecule has 2 saturated carbocycles. The van der Waals surface area contributed by atoms with E-state index in [2.05, 4.69) is 57.2 Å². The number of rotatable bonds is 3. The Morgan fingerprint density at radius 2 is 1.69 bits per heavy atom. The molecule has 0 radical (unpaired) electrons. The maximum absolute atomic E-state index is 5.28. The Labute approximate surface area is 156 Å². The highest BCUT2D eigenvalue weighted by molar-refractivity contribution is 6.12. The lowest BCUT2D eigenvalue weighted by Gasteiger charge is -2.34. The Balaban J connectivity index is 1.83. The first-order valence-corrected chi connectivity index (χ1v) is 9.46. The van der Waals surface area contributed by atoms with Crippen LogP contribution in [0.5, 0.6) is 5.75 Å². The average molecular weight is 345 g/mol. The van der Waals surface area contributed by atoms with E-state index in [0.29, 0.717) is 5.92 Å². The van der Waals surface area contributed by atoms with Crippen LogP contribution in [0, 0.1) is 16.7 Å². The van der Waals surface area contributed by atoms with Gasteiger partial charge in [0.05, 0.1) is 18.5 Å². The molecule has 2 bridgehead atoms. The summed E-state index contributed by atoms with van der Waals surface area (Å²) < 4.78 is 5.28. The predicted octanol–water partition coefficient (Wildman–Crippen LogP) is 6.31. The molecule has 2 fully saturated rings. The van der Waals surface area contributed by atoms with Crippen molar-refractivity contribution in [1.29, 1.82) is 0 Å². The van der Waals surface area contributed by atoms with Crippen molar-refractivity contribution >= 4 is 17.5 Å². The van der Waals surface area contributed by atoms with Crippen LogP contribution in [0.3, 0.4) is 0 Å². The summed E-state index contributed by atoms with van der Waals surface area (Å²) in [6.07, 6.45) is 4.83. The van der Waals surface area contributed by atoms with Crippen LogP contribution in [0.25, 0.3) is 6.08 Å². The van der Waals surface area contributed by atoms with Crippen LogP contribution in [-0.2, 0) is 0 Å². The summed E-state index contributed by atoms with van der Waals surface area (Å²) in [5, 5.41) is 0. The van der Waals surface area contributed by atoms with E-state index < -0.39 is 0 Å². The molecule has 26 heavy (non-hydrogen) atoms. The van der Waals surface area contributed by atoms with Crippen molar-refractivity contribution in [3.8, 4) is 5.75 Å². The van der Waals surface area contributed by atoms with Crippen LogP contribution in [0.4, 0.5) is 5.69 Å². The van der Waals surface area contributed by atoms with Crippen LogP contribution < -0.4 is 4.74 Å². The Morgan fingerprint density at radius 1 is 1.00 bits per heavy atom. The highest BCUT2D eigenvalue weighted by atomic mass is 16.5. The highest BCUT2D eigenvalue weighted by Gasteiger charge is 2.62. The summed E-state index contributed by atoms with van der Waals surface area (Å²) in [7, 11) is 1.70. The van der Waals surface area contributed by atoms with E-state index in [4.69, 9.17) is 9.73 Å². The number of aliphatic imine (C=N–C) groups is 1. The molecule has 0 aromatic heterocycles. The monoisotopic (exact) mass is 345 g/mol. The first-order chi connectivity index (χ1) is 12.5. The van der Waals surface area contributed by atoms with Gasteiger partial charge in [-0.1, -0.05) is 51.1 Å². The summed E-state index contributed by atoms with van der Waals surface area (Å²) in [6.45, 7) is 7.24. The van der Waals surface area contributed by atoms with E-state index in [1.807, 2.05) is 24.3 Å². The molecule has 0 saturated heterocycles. The Kier molecular flexibility index (Phi) is 4.02. The standard InChI is InChI=1S/C24H27NO/c1-23(2)21-14-15-24(23,3)22(20(21)16-17-8-6-5-7-9-17)25-18-10-12-19(26-4)13-11-18/h5-13,16,21H,14-15H2,1-4H3/b20-16+,25-22?/t21-,24+/m1/s1. The van der Waals surface area contributed by atoms with Crippen molar-refractivity contribution in [2.24, 2.45) is 21.7 Å². The lowest BCUT2D eigenvalue weighted by Crippen LogP contribution is -2.32. The predicted molar refractivity (Wildman–Crippen MR) is 109 cm³/mol. The molecule has 0 unspecified atom stereocenters. The fourth-order valence-electron chi connectivity index (χ4n) is 4.82. The van der Waals surface area contributed by atoms with Crippen LogP contribution in [0.1, 0.15) is 39.2 Å². The van der Waals surface area contributed by atoms with Gasteiger partial charge in [-0.15, -0.1) is 0 Å². The van der Waals surface area contributed by atoms with Crippen LogP contribution in [0.2, 0.25) is 0 Å². The maximum atomic E-state index is 5.28. The second kappa shape index (κ2) is 6.12. The third kappa shape index (κ3) is 2.51. The largest absolute Gasteiger partial charge is 0.497 e. The number of hydrogen-bond acceptors (Lipinski definition) is 2. The van der Waals surface area contributed by atoms with E-state index in [-0.39, 0.29) is 10.8 Å². The minimum absolute atomic E-state index is 0.123. The molecule has 0 amide bonds. The molecular formula is C24H27NO. The number of methoxy groups -OCH3 is 1. The van der Waals surface area contributed by atoms with Gasteiger partial charge in [-0.3, -0.25) is 4.99 Å². The third-order valence-electron chi connectivity index (χ3n) is 6.83. The molecule has 0 spiro atoms. The second-order valence-corrected chi connectivity index (χ2v) is 8.31. The van der Waals surface area contributed by atoms with Crippen molar-refractivity contribution in [3.63, 3.8) is 0 Å². The molecule has 2 atom stereocenters. The molecular weight excluding hydrogens is 318 g/mol. The number of benzene rings is 2. The molecule has 4 rings (SSSR count). The average Bonchev–Trinajstić information content (AvgIpc) is 2.96. The first kappa shape index (κ1) is 17.1. The number of fused-ring (bicyclic) bond motifs is 2. The summed E-state index contributed by atoms with van der Waals surface area (Å²) >= 11 is 0. The van der Waals surface area contributed by atoms with Gasteiger partial charge in [-0.2, -0.15) is 0 Å². The van der Waals surface area contributed by atoms with E-state index in [1.54, 1.807) is 7.11 Å². The number of ether oxygens (including phenoxy) is 1. The van der Waals surface area contributed by atoms with E-state index >= 15 is 0 Å². The third-order valence-corrected chi connectivity index (χ3v) is 6.83. The Morgan fingerprint density at radius 3 is 2.35 bits per heavy atom. The number of hydrogen-bond donors (Lipinski definition) is 0. The summed E-state index contributed by atoms with van der Waals surface area (Å²) in [6, 6.07) is 18.7. The number of allylic oxidation sites excluding steroid dienone is 1. The fourth-order valence-corrected chi connectivity index (χ4v) is 4.82. The lowest BCUT2D eigenvalue weighted by atomic mass is 9.70. The molecule has 2 heteroatoms. The molecule has 0 aliphatic heterocycles. The topological polar surface area (TPSA) is 21.6 Å².